The highest BCUT2D eigenvalue weighted by atomic mass is 31.2. The Morgan fingerprint density at radius 1 is 1.02 bits per heavy atom. The van der Waals surface area contributed by atoms with E-state index in [9.17, 15) is 28.0 Å². The third-order valence-electron chi connectivity index (χ3n) is 8.24. The van der Waals surface area contributed by atoms with Gasteiger partial charge >= 0.3 is 7.60 Å². The number of nitrogens with one attached hydrogen (secondary N) is 1. The zero-order valence-corrected chi connectivity index (χ0v) is 25.2. The highest BCUT2D eigenvalue weighted by molar-refractivity contribution is 7.51. The Morgan fingerprint density at radius 3 is 2.22 bits per heavy atom. The minimum atomic E-state index is -4.36. The largest absolute Gasteiger partial charge is 0.388 e. The first kappa shape index (κ1) is 32.9. The van der Waals surface area contributed by atoms with Crippen LogP contribution in [0.4, 0.5) is 14.5 Å². The number of aliphatic hydroxyl groups excluding tert-OH is 1. The maximum atomic E-state index is 13.6. The normalized spacial score (nSPS) is 19.8. The van der Waals surface area contributed by atoms with E-state index in [1.165, 1.54) is 36.4 Å². The highest BCUT2D eigenvalue weighted by Crippen LogP contribution is 2.46. The van der Waals surface area contributed by atoms with Gasteiger partial charge in [-0.05, 0) is 78.8 Å². The Morgan fingerprint density at radius 2 is 1.64 bits per heavy atom. The van der Waals surface area contributed by atoms with Crippen LogP contribution in [0.25, 0.3) is 0 Å². The number of hydrogen-bond acceptors (Lipinski definition) is 6. The van der Waals surface area contributed by atoms with E-state index in [4.69, 9.17) is 19.3 Å². The van der Waals surface area contributed by atoms with Crippen molar-refractivity contribution in [3.8, 4) is 0 Å². The van der Waals surface area contributed by atoms with E-state index in [-0.39, 0.29) is 18.6 Å². The number of carbonyl (C=O) groups excluding carboxylic acids is 2. The first-order valence-electron chi connectivity index (χ1n) is 14.6. The Balaban J connectivity index is 1.23. The van der Waals surface area contributed by atoms with Crippen molar-refractivity contribution in [2.45, 2.75) is 43.4 Å². The van der Waals surface area contributed by atoms with Crippen LogP contribution in [0.1, 0.15) is 48.1 Å². The molecular formula is C32H35F2N2O8P. The van der Waals surface area contributed by atoms with Gasteiger partial charge in [-0.1, -0.05) is 36.4 Å². The summed E-state index contributed by atoms with van der Waals surface area (Å²) >= 11 is 0. The maximum Gasteiger partial charge on any atom is 0.344 e. The predicted octanol–water partition coefficient (Wildman–Crippen LogP) is 4.15. The number of hydrogen-bond donors (Lipinski definition) is 4. The first-order valence-corrected chi connectivity index (χ1v) is 16.4. The summed E-state index contributed by atoms with van der Waals surface area (Å²) in [5.41, 5.74) is 2.32. The molecule has 0 bridgehead atoms. The van der Waals surface area contributed by atoms with Gasteiger partial charge in [-0.25, -0.2) is 8.78 Å². The first-order chi connectivity index (χ1) is 21.4. The summed E-state index contributed by atoms with van der Waals surface area (Å²) in [6.45, 7) is 0.229. The molecule has 13 heteroatoms. The molecule has 240 valence electrons. The molecular weight excluding hydrogens is 609 g/mol. The van der Waals surface area contributed by atoms with Gasteiger partial charge in [0, 0.05) is 5.69 Å². The van der Waals surface area contributed by atoms with Gasteiger partial charge in [0.05, 0.1) is 31.3 Å². The van der Waals surface area contributed by atoms with Crippen molar-refractivity contribution >= 4 is 25.1 Å². The third-order valence-corrected chi connectivity index (χ3v) is 8.81. The van der Waals surface area contributed by atoms with Crippen molar-refractivity contribution in [1.29, 1.82) is 0 Å². The number of rotatable bonds is 14. The average molecular weight is 645 g/mol. The average Bonchev–Trinajstić information content (AvgIpc) is 2.99. The second-order valence-corrected chi connectivity index (χ2v) is 13.2. The molecule has 2 fully saturated rings. The molecule has 0 saturated carbocycles. The molecule has 3 aromatic rings. The lowest BCUT2D eigenvalue weighted by molar-refractivity contribution is -0.212. The van der Waals surface area contributed by atoms with Crippen molar-refractivity contribution in [3.63, 3.8) is 0 Å². The summed E-state index contributed by atoms with van der Waals surface area (Å²) in [5.74, 6) is -1.99. The number of ether oxygens (including phenoxy) is 2. The number of benzene rings is 3. The van der Waals surface area contributed by atoms with Gasteiger partial charge in [0.15, 0.2) is 0 Å². The van der Waals surface area contributed by atoms with E-state index in [1.54, 1.807) is 17.0 Å². The summed E-state index contributed by atoms with van der Waals surface area (Å²) in [7, 11) is -4.36. The van der Waals surface area contributed by atoms with Crippen LogP contribution in [0.15, 0.2) is 72.8 Å². The number of amides is 2. The molecule has 3 aromatic carbocycles. The fraction of sp³-hybridized carbons (Fsp3) is 0.375. The molecule has 4 N–H and O–H groups in total. The standard InChI is InChI=1S/C32H35F2N2O8P/c33-24-7-5-22(6-8-24)28(37)14-13-27-30(36(31(27)39)26-11-9-25(34)10-12-26)23-3-1-21(2-4-23)15-16-32(18-43-19-32)44-17-29(38)35-20-45(40,41)42/h1-12,27-28,30,37H,13-20H2,(H,35,38)(H2,40,41,42)/t27-,28+,30-/m1/s1. The molecule has 0 spiro atoms. The summed E-state index contributed by atoms with van der Waals surface area (Å²) in [5, 5.41) is 12.8. The zero-order chi connectivity index (χ0) is 32.2. The number of nitrogens with zero attached hydrogens (tertiary/aromatic N) is 1. The molecule has 0 radical (unpaired) electrons. The van der Waals surface area contributed by atoms with E-state index >= 15 is 0 Å². The molecule has 0 aliphatic carbocycles. The SMILES string of the molecule is O=C(COC1(CCc2ccc([C@@H]3[C@@H](CC[C@H](O)c4ccc(F)cc4)C(=O)N3c3ccc(F)cc3)cc2)COC1)NCP(=O)(O)O. The molecule has 5 rings (SSSR count). The molecule has 2 aliphatic heterocycles. The molecule has 3 atom stereocenters. The number of anilines is 1. The monoisotopic (exact) mass is 644 g/mol. The zero-order valence-electron chi connectivity index (χ0n) is 24.4. The fourth-order valence-corrected chi connectivity index (χ4v) is 6.02. The van der Waals surface area contributed by atoms with E-state index in [1.807, 2.05) is 24.3 Å². The second kappa shape index (κ2) is 13.9. The number of carbonyl (C=O) groups is 2. The molecule has 45 heavy (non-hydrogen) atoms. The van der Waals surface area contributed by atoms with Gasteiger partial charge in [0.1, 0.15) is 30.1 Å². The Labute approximate surface area is 259 Å². The smallest absolute Gasteiger partial charge is 0.344 e. The maximum absolute atomic E-state index is 13.6. The van der Waals surface area contributed by atoms with E-state index < -0.39 is 49.0 Å². The highest BCUT2D eigenvalue weighted by Gasteiger charge is 2.48. The summed E-state index contributed by atoms with van der Waals surface area (Å²) in [4.78, 5) is 44.8. The Bertz CT molecular complexity index is 1530. The van der Waals surface area contributed by atoms with Crippen molar-refractivity contribution < 1.29 is 47.3 Å². The van der Waals surface area contributed by atoms with Crippen LogP contribution in [0, 0.1) is 17.6 Å². The van der Waals surface area contributed by atoms with Gasteiger partial charge in [-0.2, -0.15) is 0 Å². The fourth-order valence-electron chi connectivity index (χ4n) is 5.63. The quantitative estimate of drug-likeness (QED) is 0.151. The minimum Gasteiger partial charge on any atom is -0.388 e. The molecule has 2 saturated heterocycles. The topological polar surface area (TPSA) is 146 Å². The minimum absolute atomic E-state index is 0.129. The van der Waals surface area contributed by atoms with E-state index in [0.717, 1.165) is 11.1 Å². The van der Waals surface area contributed by atoms with Crippen LogP contribution in [-0.4, -0.2) is 58.4 Å². The lowest BCUT2D eigenvalue weighted by atomic mass is 9.78. The molecule has 0 aromatic heterocycles. The number of halogens is 2. The van der Waals surface area contributed by atoms with Crippen molar-refractivity contribution in [3.05, 3.63) is 101 Å². The lowest BCUT2D eigenvalue weighted by Crippen LogP contribution is -2.55. The third kappa shape index (κ3) is 8.21. The van der Waals surface area contributed by atoms with E-state index in [2.05, 4.69) is 5.32 Å². The summed E-state index contributed by atoms with van der Waals surface area (Å²) in [6.07, 6.45) is 0.228. The van der Waals surface area contributed by atoms with Gasteiger partial charge in [-0.15, -0.1) is 0 Å². The van der Waals surface area contributed by atoms with Crippen molar-refractivity contribution in [2.24, 2.45) is 5.92 Å². The molecule has 10 nitrogen and oxygen atoms in total. The summed E-state index contributed by atoms with van der Waals surface area (Å²) < 4.78 is 49.0. The van der Waals surface area contributed by atoms with Crippen molar-refractivity contribution in [2.75, 3.05) is 31.0 Å². The summed E-state index contributed by atoms with van der Waals surface area (Å²) in [6, 6.07) is 18.8. The van der Waals surface area contributed by atoms with Crippen LogP contribution in [-0.2, 0) is 30.0 Å². The van der Waals surface area contributed by atoms with Crippen LogP contribution >= 0.6 is 7.60 Å². The molecule has 2 heterocycles. The second-order valence-electron chi connectivity index (χ2n) is 11.5. The van der Waals surface area contributed by atoms with Gasteiger partial charge in [0.25, 0.3) is 0 Å². The Kier molecular flexibility index (Phi) is 10.1. The van der Waals surface area contributed by atoms with Crippen molar-refractivity contribution in [1.82, 2.24) is 5.32 Å². The molecule has 0 unspecified atom stereocenters. The predicted molar refractivity (Wildman–Crippen MR) is 160 cm³/mol. The lowest BCUT2D eigenvalue weighted by Gasteiger charge is -2.48. The van der Waals surface area contributed by atoms with Crippen LogP contribution in [0.3, 0.4) is 0 Å². The van der Waals surface area contributed by atoms with Crippen LogP contribution in [0.2, 0.25) is 0 Å². The van der Waals surface area contributed by atoms with Gasteiger partial charge in [-0.3, -0.25) is 14.2 Å². The molecule has 2 aliphatic rings. The van der Waals surface area contributed by atoms with Crippen LogP contribution in [0.5, 0.6) is 0 Å². The number of aliphatic hydroxyl groups is 1. The molecule has 2 amide bonds. The van der Waals surface area contributed by atoms with E-state index in [0.29, 0.717) is 50.1 Å². The number of aryl methyl sites for hydroxylation is 1. The van der Waals surface area contributed by atoms with Crippen LogP contribution < -0.4 is 10.2 Å². The van der Waals surface area contributed by atoms with Gasteiger partial charge < -0.3 is 34.6 Å². The number of β-lactam (4-membered cyclic amide) rings is 1. The Hall–Kier alpha value is -3.51. The van der Waals surface area contributed by atoms with Gasteiger partial charge in [0.2, 0.25) is 11.8 Å².